The van der Waals surface area contributed by atoms with Crippen LogP contribution in [0.5, 0.6) is 0 Å². The Balaban J connectivity index is 1.83. The molecule has 1 fully saturated rings. The third-order valence-corrected chi connectivity index (χ3v) is 4.98. The number of rotatable bonds is 10. The van der Waals surface area contributed by atoms with Gasteiger partial charge in [-0.1, -0.05) is 54.6 Å². The van der Waals surface area contributed by atoms with Crippen LogP contribution in [-0.4, -0.2) is 47.6 Å². The summed E-state index contributed by atoms with van der Waals surface area (Å²) in [6.45, 7) is 0.572. The van der Waals surface area contributed by atoms with Crippen molar-refractivity contribution in [1.29, 1.82) is 0 Å². The van der Waals surface area contributed by atoms with Crippen LogP contribution < -0.4 is 5.32 Å². The molecule has 1 aromatic rings. The summed E-state index contributed by atoms with van der Waals surface area (Å²) < 4.78 is 0. The average Bonchev–Trinajstić information content (AvgIpc) is 2.70. The van der Waals surface area contributed by atoms with Crippen molar-refractivity contribution in [2.24, 2.45) is 0 Å². The number of piperidine rings is 1. The molecule has 0 radical (unpaired) electrons. The molecule has 2 atom stereocenters. The molecule has 1 aromatic carbocycles. The fourth-order valence-electron chi connectivity index (χ4n) is 3.38. The summed E-state index contributed by atoms with van der Waals surface area (Å²) in [6.07, 6.45) is 12.4. The van der Waals surface area contributed by atoms with Crippen LogP contribution in [0.25, 0.3) is 0 Å². The Bertz CT molecular complexity index is 670. The van der Waals surface area contributed by atoms with Crippen LogP contribution in [0, 0.1) is 0 Å². The third-order valence-electron chi connectivity index (χ3n) is 4.98. The zero-order valence-corrected chi connectivity index (χ0v) is 16.7. The molecule has 2 N–H and O–H groups in total. The first-order valence-electron chi connectivity index (χ1n) is 10.2. The van der Waals surface area contributed by atoms with Crippen LogP contribution in [0.4, 0.5) is 0 Å². The zero-order valence-electron chi connectivity index (χ0n) is 16.7. The van der Waals surface area contributed by atoms with E-state index in [4.69, 9.17) is 0 Å². The molecule has 1 heterocycles. The van der Waals surface area contributed by atoms with Crippen molar-refractivity contribution < 1.29 is 14.7 Å². The quantitative estimate of drug-likeness (QED) is 0.481. The minimum absolute atomic E-state index is 0.0298. The van der Waals surface area contributed by atoms with E-state index >= 15 is 0 Å². The molecule has 1 aliphatic rings. The van der Waals surface area contributed by atoms with Gasteiger partial charge in [-0.05, 0) is 31.2 Å². The monoisotopic (exact) mass is 384 g/mol. The van der Waals surface area contributed by atoms with Crippen molar-refractivity contribution in [2.45, 2.75) is 57.1 Å². The number of hydrogen-bond donors (Lipinski definition) is 2. The first kappa shape index (κ1) is 21.9. The SMILES string of the molecule is CNC(=O)CCCC=CCN1C(=O)CCC[C@@H]1C=CC(O)Cc1ccccc1. The third kappa shape index (κ3) is 7.69. The van der Waals surface area contributed by atoms with Gasteiger partial charge in [0.2, 0.25) is 11.8 Å². The van der Waals surface area contributed by atoms with E-state index in [0.717, 1.165) is 31.2 Å². The molecule has 0 bridgehead atoms. The second-order valence-corrected chi connectivity index (χ2v) is 7.18. The first-order valence-corrected chi connectivity index (χ1v) is 10.2. The number of allylic oxidation sites excluding steroid dienone is 1. The minimum atomic E-state index is -0.554. The number of aliphatic hydroxyl groups is 1. The van der Waals surface area contributed by atoms with Gasteiger partial charge in [0, 0.05) is 32.9 Å². The summed E-state index contributed by atoms with van der Waals surface area (Å²) in [7, 11) is 1.64. The van der Waals surface area contributed by atoms with E-state index < -0.39 is 6.10 Å². The maximum Gasteiger partial charge on any atom is 0.223 e. The molecule has 2 amide bonds. The summed E-state index contributed by atoms with van der Waals surface area (Å²) >= 11 is 0. The van der Waals surface area contributed by atoms with Crippen molar-refractivity contribution in [2.75, 3.05) is 13.6 Å². The summed E-state index contributed by atoms with van der Waals surface area (Å²) in [4.78, 5) is 25.4. The lowest BCUT2D eigenvalue weighted by Crippen LogP contribution is -2.42. The molecule has 28 heavy (non-hydrogen) atoms. The standard InChI is InChI=1S/C23H32N2O3/c1-24-22(27)13-7-2-3-8-17-25-20(12-9-14-23(25)28)15-16-21(26)18-19-10-5-4-6-11-19/h3-6,8,10-11,15-16,20-21,26H,2,7,9,12-14,17-18H2,1H3,(H,24,27)/t20-,21?/m1/s1. The normalized spacial score (nSPS) is 18.7. The van der Waals surface area contributed by atoms with Gasteiger partial charge in [-0.3, -0.25) is 9.59 Å². The molecule has 0 saturated carbocycles. The van der Waals surface area contributed by atoms with Gasteiger partial charge < -0.3 is 15.3 Å². The van der Waals surface area contributed by atoms with Crippen LogP contribution in [0.1, 0.15) is 44.1 Å². The lowest BCUT2D eigenvalue weighted by Gasteiger charge is -2.33. The number of aliphatic hydroxyl groups excluding tert-OH is 1. The predicted molar refractivity (Wildman–Crippen MR) is 112 cm³/mol. The highest BCUT2D eigenvalue weighted by Gasteiger charge is 2.25. The molecule has 5 heteroatoms. The number of amides is 2. The number of carbonyl (C=O) groups is 2. The maximum atomic E-state index is 12.3. The van der Waals surface area contributed by atoms with Gasteiger partial charge in [-0.2, -0.15) is 0 Å². The van der Waals surface area contributed by atoms with Crippen molar-refractivity contribution in [3.63, 3.8) is 0 Å². The number of unbranched alkanes of at least 4 members (excludes halogenated alkanes) is 1. The molecule has 0 aromatic heterocycles. The lowest BCUT2D eigenvalue weighted by atomic mass is 9.99. The number of nitrogens with one attached hydrogen (secondary N) is 1. The molecule has 1 saturated heterocycles. The Hall–Kier alpha value is -2.40. The molecule has 0 aliphatic carbocycles. The topological polar surface area (TPSA) is 69.6 Å². The van der Waals surface area contributed by atoms with Crippen LogP contribution in [0.2, 0.25) is 0 Å². The van der Waals surface area contributed by atoms with Gasteiger partial charge in [0.1, 0.15) is 0 Å². The molecular formula is C23H32N2O3. The van der Waals surface area contributed by atoms with E-state index in [9.17, 15) is 14.7 Å². The molecule has 5 nitrogen and oxygen atoms in total. The lowest BCUT2D eigenvalue weighted by molar-refractivity contribution is -0.134. The van der Waals surface area contributed by atoms with Gasteiger partial charge >= 0.3 is 0 Å². The number of hydrogen-bond acceptors (Lipinski definition) is 3. The van der Waals surface area contributed by atoms with E-state index in [2.05, 4.69) is 5.32 Å². The van der Waals surface area contributed by atoms with Gasteiger partial charge in [0.05, 0.1) is 12.1 Å². The minimum Gasteiger partial charge on any atom is -0.389 e. The number of likely N-dealkylation sites (tertiary alicyclic amines) is 1. The fourth-order valence-corrected chi connectivity index (χ4v) is 3.38. The average molecular weight is 385 g/mol. The van der Waals surface area contributed by atoms with Crippen molar-refractivity contribution in [1.82, 2.24) is 10.2 Å². The van der Waals surface area contributed by atoms with Gasteiger partial charge in [0.15, 0.2) is 0 Å². The van der Waals surface area contributed by atoms with E-state index in [-0.39, 0.29) is 17.9 Å². The van der Waals surface area contributed by atoms with Crippen molar-refractivity contribution in [3.05, 3.63) is 60.2 Å². The van der Waals surface area contributed by atoms with Crippen molar-refractivity contribution in [3.8, 4) is 0 Å². The van der Waals surface area contributed by atoms with Crippen molar-refractivity contribution >= 4 is 11.8 Å². The molecule has 1 unspecified atom stereocenters. The second kappa shape index (κ2) is 12.1. The summed E-state index contributed by atoms with van der Waals surface area (Å²) in [6, 6.07) is 9.93. The van der Waals surface area contributed by atoms with Gasteiger partial charge in [-0.25, -0.2) is 0 Å². The Morgan fingerprint density at radius 3 is 2.86 bits per heavy atom. The molecule has 1 aliphatic heterocycles. The Morgan fingerprint density at radius 1 is 1.32 bits per heavy atom. The van der Waals surface area contributed by atoms with E-state index in [1.165, 1.54) is 0 Å². The maximum absolute atomic E-state index is 12.3. The van der Waals surface area contributed by atoms with Gasteiger partial charge in [0.25, 0.3) is 0 Å². The molecule has 0 spiro atoms. The number of benzene rings is 1. The zero-order chi connectivity index (χ0) is 20.2. The number of nitrogens with zero attached hydrogens (tertiary/aromatic N) is 1. The van der Waals surface area contributed by atoms with Crippen LogP contribution in [0.15, 0.2) is 54.6 Å². The van der Waals surface area contributed by atoms with Crippen LogP contribution >= 0.6 is 0 Å². The summed E-state index contributed by atoms with van der Waals surface area (Å²) in [5.74, 6) is 0.215. The van der Waals surface area contributed by atoms with Crippen LogP contribution in [0.3, 0.4) is 0 Å². The predicted octanol–water partition coefficient (Wildman–Crippen LogP) is 3.00. The van der Waals surface area contributed by atoms with Crippen LogP contribution in [-0.2, 0) is 16.0 Å². The van der Waals surface area contributed by atoms with E-state index in [1.54, 1.807) is 7.05 Å². The second-order valence-electron chi connectivity index (χ2n) is 7.18. The summed E-state index contributed by atoms with van der Waals surface area (Å²) in [5.41, 5.74) is 1.09. The smallest absolute Gasteiger partial charge is 0.223 e. The molecular weight excluding hydrogens is 352 g/mol. The first-order chi connectivity index (χ1) is 13.6. The highest BCUT2D eigenvalue weighted by molar-refractivity contribution is 5.77. The largest absolute Gasteiger partial charge is 0.389 e. The highest BCUT2D eigenvalue weighted by Crippen LogP contribution is 2.20. The Labute approximate surface area is 168 Å². The highest BCUT2D eigenvalue weighted by atomic mass is 16.3. The Kier molecular flexibility index (Phi) is 9.49. The number of carbonyl (C=O) groups excluding carboxylic acids is 2. The summed E-state index contributed by atoms with van der Waals surface area (Å²) in [5, 5.41) is 12.9. The van der Waals surface area contributed by atoms with E-state index in [1.807, 2.05) is 59.5 Å². The molecule has 2 rings (SSSR count). The molecule has 152 valence electrons. The van der Waals surface area contributed by atoms with E-state index in [0.29, 0.717) is 25.8 Å². The Morgan fingerprint density at radius 2 is 2.11 bits per heavy atom. The fraction of sp³-hybridized carbons (Fsp3) is 0.478. The van der Waals surface area contributed by atoms with Gasteiger partial charge in [-0.15, -0.1) is 0 Å².